The average molecular weight is 296 g/mol. The Morgan fingerprint density at radius 2 is 2.30 bits per heavy atom. The van der Waals surface area contributed by atoms with Crippen molar-refractivity contribution in [3.05, 3.63) is 22.1 Å². The van der Waals surface area contributed by atoms with E-state index in [1.807, 2.05) is 6.92 Å². The molecule has 7 nitrogen and oxygen atoms in total. The fourth-order valence-electron chi connectivity index (χ4n) is 1.70. The SMILES string of the molecule is CCCc1cc(=O)n2nc(N(C)C(C)C(=O)O)sc2n1. The zero-order valence-corrected chi connectivity index (χ0v) is 12.3. The van der Waals surface area contributed by atoms with Crippen molar-refractivity contribution in [2.45, 2.75) is 32.7 Å². The first-order valence-electron chi connectivity index (χ1n) is 6.29. The van der Waals surface area contributed by atoms with Crippen LogP contribution in [0.5, 0.6) is 0 Å². The highest BCUT2D eigenvalue weighted by Crippen LogP contribution is 2.22. The van der Waals surface area contributed by atoms with Crippen LogP contribution in [0.25, 0.3) is 4.96 Å². The van der Waals surface area contributed by atoms with E-state index in [2.05, 4.69) is 10.1 Å². The van der Waals surface area contributed by atoms with Crippen molar-refractivity contribution in [3.8, 4) is 0 Å². The predicted molar refractivity (Wildman–Crippen MR) is 76.6 cm³/mol. The molecule has 108 valence electrons. The van der Waals surface area contributed by atoms with Crippen LogP contribution >= 0.6 is 11.3 Å². The van der Waals surface area contributed by atoms with Crippen LogP contribution in [0.2, 0.25) is 0 Å². The van der Waals surface area contributed by atoms with Gasteiger partial charge in [-0.05, 0) is 13.3 Å². The van der Waals surface area contributed by atoms with Crippen LogP contribution in [0.1, 0.15) is 26.0 Å². The maximum Gasteiger partial charge on any atom is 0.326 e. The molecule has 0 amide bonds. The molecule has 2 rings (SSSR count). The smallest absolute Gasteiger partial charge is 0.326 e. The normalized spacial score (nSPS) is 12.6. The van der Waals surface area contributed by atoms with Gasteiger partial charge in [0.05, 0.1) is 0 Å². The molecule has 2 aromatic rings. The molecule has 0 aliphatic heterocycles. The quantitative estimate of drug-likeness (QED) is 0.886. The number of fused-ring (bicyclic) bond motifs is 1. The van der Waals surface area contributed by atoms with Crippen molar-refractivity contribution >= 4 is 27.4 Å². The van der Waals surface area contributed by atoms with Gasteiger partial charge in [0.1, 0.15) is 6.04 Å². The zero-order chi connectivity index (χ0) is 14.9. The van der Waals surface area contributed by atoms with Gasteiger partial charge in [0, 0.05) is 18.8 Å². The molecule has 1 N–H and O–H groups in total. The highest BCUT2D eigenvalue weighted by atomic mass is 32.1. The first kappa shape index (κ1) is 14.4. The second-order valence-corrected chi connectivity index (χ2v) is 5.47. The zero-order valence-electron chi connectivity index (χ0n) is 11.5. The summed E-state index contributed by atoms with van der Waals surface area (Å²) in [7, 11) is 1.63. The monoisotopic (exact) mass is 296 g/mol. The third kappa shape index (κ3) is 2.64. The summed E-state index contributed by atoms with van der Waals surface area (Å²) in [6.45, 7) is 3.58. The Balaban J connectivity index is 2.45. The molecule has 0 saturated carbocycles. The standard InChI is InChI=1S/C12H16N4O3S/c1-4-5-8-6-9(17)16-11(13-8)20-12(14-16)15(3)7(2)10(18)19/h6-7H,4-5H2,1-3H3,(H,18,19). The number of aryl methyl sites for hydroxylation is 1. The Labute approximate surface area is 119 Å². The van der Waals surface area contributed by atoms with Crippen LogP contribution in [0, 0.1) is 0 Å². The molecule has 0 bridgehead atoms. The Morgan fingerprint density at radius 1 is 1.60 bits per heavy atom. The molecular weight excluding hydrogens is 280 g/mol. The third-order valence-electron chi connectivity index (χ3n) is 3.03. The van der Waals surface area contributed by atoms with Crippen molar-refractivity contribution < 1.29 is 9.90 Å². The van der Waals surface area contributed by atoms with Gasteiger partial charge in [-0.15, -0.1) is 5.10 Å². The lowest BCUT2D eigenvalue weighted by molar-refractivity contribution is -0.138. The first-order valence-corrected chi connectivity index (χ1v) is 7.11. The number of anilines is 1. The van der Waals surface area contributed by atoms with Gasteiger partial charge in [-0.3, -0.25) is 4.79 Å². The molecule has 2 heterocycles. The average Bonchev–Trinajstić information content (AvgIpc) is 2.81. The minimum Gasteiger partial charge on any atom is -0.480 e. The van der Waals surface area contributed by atoms with E-state index in [4.69, 9.17) is 5.11 Å². The lowest BCUT2D eigenvalue weighted by Gasteiger charge is -2.19. The lowest BCUT2D eigenvalue weighted by Crippen LogP contribution is -2.35. The van der Waals surface area contributed by atoms with Crippen LogP contribution in [0.4, 0.5) is 5.13 Å². The topological polar surface area (TPSA) is 87.8 Å². The van der Waals surface area contributed by atoms with E-state index >= 15 is 0 Å². The maximum absolute atomic E-state index is 11.9. The van der Waals surface area contributed by atoms with Gasteiger partial charge < -0.3 is 10.0 Å². The van der Waals surface area contributed by atoms with Crippen LogP contribution < -0.4 is 10.5 Å². The van der Waals surface area contributed by atoms with Crippen molar-refractivity contribution in [1.82, 2.24) is 14.6 Å². The summed E-state index contributed by atoms with van der Waals surface area (Å²) in [5, 5.41) is 13.6. The summed E-state index contributed by atoms with van der Waals surface area (Å²) in [6, 6.07) is 0.752. The number of rotatable bonds is 5. The Morgan fingerprint density at radius 3 is 2.90 bits per heavy atom. The third-order valence-corrected chi connectivity index (χ3v) is 4.03. The number of likely N-dealkylation sites (N-methyl/N-ethyl adjacent to an activating group) is 1. The van der Waals surface area contributed by atoms with Crippen LogP contribution in [-0.4, -0.2) is 38.8 Å². The van der Waals surface area contributed by atoms with E-state index < -0.39 is 12.0 Å². The number of carbonyl (C=O) groups is 1. The lowest BCUT2D eigenvalue weighted by atomic mass is 10.2. The van der Waals surface area contributed by atoms with Gasteiger partial charge in [0.2, 0.25) is 10.1 Å². The van der Waals surface area contributed by atoms with E-state index in [1.54, 1.807) is 14.0 Å². The van der Waals surface area contributed by atoms with E-state index in [9.17, 15) is 9.59 Å². The Hall–Kier alpha value is -1.96. The molecule has 0 aliphatic carbocycles. The van der Waals surface area contributed by atoms with E-state index in [1.165, 1.54) is 26.8 Å². The number of carboxylic acids is 1. The summed E-state index contributed by atoms with van der Waals surface area (Å²) in [6.07, 6.45) is 1.64. The minimum atomic E-state index is -0.946. The highest BCUT2D eigenvalue weighted by Gasteiger charge is 2.21. The minimum absolute atomic E-state index is 0.239. The summed E-state index contributed by atoms with van der Waals surface area (Å²) in [5.74, 6) is -0.946. The van der Waals surface area contributed by atoms with E-state index in [0.29, 0.717) is 10.1 Å². The summed E-state index contributed by atoms with van der Waals surface area (Å²) in [5.41, 5.74) is 0.499. The summed E-state index contributed by atoms with van der Waals surface area (Å²) >= 11 is 1.21. The Kier molecular flexibility index (Phi) is 4.03. The van der Waals surface area contributed by atoms with Gasteiger partial charge in [-0.25, -0.2) is 9.78 Å². The van der Waals surface area contributed by atoms with Crippen molar-refractivity contribution in [2.24, 2.45) is 0 Å². The number of hydrogen-bond acceptors (Lipinski definition) is 6. The van der Waals surface area contributed by atoms with Crippen molar-refractivity contribution in [2.75, 3.05) is 11.9 Å². The molecule has 8 heteroatoms. The van der Waals surface area contributed by atoms with E-state index in [0.717, 1.165) is 18.5 Å². The maximum atomic E-state index is 11.9. The second-order valence-electron chi connectivity index (χ2n) is 4.54. The number of hydrogen-bond donors (Lipinski definition) is 1. The fourth-order valence-corrected chi connectivity index (χ4v) is 2.67. The molecule has 0 fully saturated rings. The molecule has 20 heavy (non-hydrogen) atoms. The second kappa shape index (κ2) is 5.58. The summed E-state index contributed by atoms with van der Waals surface area (Å²) in [4.78, 5) is 29.3. The molecule has 0 aromatic carbocycles. The van der Waals surface area contributed by atoms with Gasteiger partial charge in [0.25, 0.3) is 5.56 Å². The molecular formula is C12H16N4O3S. The van der Waals surface area contributed by atoms with Crippen molar-refractivity contribution in [1.29, 1.82) is 0 Å². The van der Waals surface area contributed by atoms with Gasteiger partial charge in [-0.1, -0.05) is 24.7 Å². The number of carboxylic acid groups (broad SMARTS) is 1. The number of aliphatic carboxylic acids is 1. The molecule has 0 saturated heterocycles. The van der Waals surface area contributed by atoms with E-state index in [-0.39, 0.29) is 5.56 Å². The van der Waals surface area contributed by atoms with Crippen LogP contribution in [0.15, 0.2) is 10.9 Å². The summed E-state index contributed by atoms with van der Waals surface area (Å²) < 4.78 is 1.21. The molecule has 1 unspecified atom stereocenters. The molecule has 2 aromatic heterocycles. The molecule has 1 atom stereocenters. The predicted octanol–water partition coefficient (Wildman–Crippen LogP) is 1.01. The highest BCUT2D eigenvalue weighted by molar-refractivity contribution is 7.20. The first-order chi connectivity index (χ1) is 9.43. The number of aromatic nitrogens is 3. The molecule has 0 radical (unpaired) electrons. The number of nitrogens with zero attached hydrogens (tertiary/aromatic N) is 4. The molecule has 0 aliphatic rings. The van der Waals surface area contributed by atoms with Crippen molar-refractivity contribution in [3.63, 3.8) is 0 Å². The van der Waals surface area contributed by atoms with Crippen LogP contribution in [0.3, 0.4) is 0 Å². The van der Waals surface area contributed by atoms with Gasteiger partial charge in [0.15, 0.2) is 0 Å². The van der Waals surface area contributed by atoms with Crippen LogP contribution in [-0.2, 0) is 11.2 Å². The van der Waals surface area contributed by atoms with Gasteiger partial charge >= 0.3 is 5.97 Å². The van der Waals surface area contributed by atoms with Gasteiger partial charge in [-0.2, -0.15) is 4.52 Å². The Bertz CT molecular complexity index is 694. The fraction of sp³-hybridized carbons (Fsp3) is 0.500. The molecule has 0 spiro atoms. The largest absolute Gasteiger partial charge is 0.480 e.